The molecule has 1 rings (SSSR count). The Bertz CT molecular complexity index is 387. The van der Waals surface area contributed by atoms with Gasteiger partial charge in [-0.1, -0.05) is 24.3 Å². The molecule has 0 saturated heterocycles. The molecule has 0 aliphatic heterocycles. The topological polar surface area (TPSA) is 63.3 Å². The van der Waals surface area contributed by atoms with Crippen molar-refractivity contribution in [1.29, 1.82) is 0 Å². The minimum atomic E-state index is -0.969. The van der Waals surface area contributed by atoms with Gasteiger partial charge in [0.2, 0.25) is 0 Å². The largest absolute Gasteiger partial charge is 0.478 e. The Balaban J connectivity index is 3.30. The maximum absolute atomic E-state index is 10.7. The molecule has 14 heavy (non-hydrogen) atoms. The van der Waals surface area contributed by atoms with Crippen LogP contribution < -0.4 is 5.73 Å². The molecule has 0 atom stereocenters. The summed E-state index contributed by atoms with van der Waals surface area (Å²) >= 11 is 0. The minimum Gasteiger partial charge on any atom is -0.478 e. The number of hydrogen-bond acceptors (Lipinski definition) is 2. The summed E-state index contributed by atoms with van der Waals surface area (Å²) in [6.45, 7) is 0. The van der Waals surface area contributed by atoms with Gasteiger partial charge < -0.3 is 10.8 Å². The van der Waals surface area contributed by atoms with Gasteiger partial charge in [0.25, 0.3) is 0 Å². The van der Waals surface area contributed by atoms with E-state index in [-0.39, 0.29) is 5.56 Å². The first-order valence-corrected chi connectivity index (χ1v) is 4.12. The monoisotopic (exact) mass is 189 g/mol. The van der Waals surface area contributed by atoms with E-state index in [2.05, 4.69) is 0 Å². The van der Waals surface area contributed by atoms with E-state index in [9.17, 15) is 4.79 Å². The quantitative estimate of drug-likeness (QED) is 0.711. The summed E-state index contributed by atoms with van der Waals surface area (Å²) in [7, 11) is 0. The van der Waals surface area contributed by atoms with Crippen LogP contribution in [0.25, 0.3) is 0 Å². The molecular formula is C11H11NO2. The molecule has 0 amide bonds. The van der Waals surface area contributed by atoms with Gasteiger partial charge in [-0.05, 0) is 24.3 Å². The van der Waals surface area contributed by atoms with Gasteiger partial charge in [-0.2, -0.15) is 0 Å². The fourth-order valence-corrected chi connectivity index (χ4v) is 0.894. The number of carbonyl (C=O) groups is 1. The molecule has 0 fully saturated rings. The standard InChI is InChI=1S/C11H11NO2/c12-10-6-4-2-1-3-5-9(7-8-10)11(13)14/h1-8H,12H2,(H,13,14). The fraction of sp³-hybridized carbons (Fsp3) is 0. The van der Waals surface area contributed by atoms with Crippen LogP contribution in [-0.2, 0) is 0 Å². The van der Waals surface area contributed by atoms with E-state index in [1.807, 2.05) is 0 Å². The molecule has 0 aliphatic carbocycles. The van der Waals surface area contributed by atoms with Crippen molar-refractivity contribution in [2.75, 3.05) is 5.73 Å². The third-order valence-corrected chi connectivity index (χ3v) is 1.60. The number of carboxylic acids is 1. The molecule has 0 radical (unpaired) electrons. The molecule has 1 aromatic carbocycles. The molecule has 0 spiro atoms. The molecule has 0 unspecified atom stereocenters. The van der Waals surface area contributed by atoms with Crippen LogP contribution in [0.5, 0.6) is 0 Å². The average molecular weight is 189 g/mol. The smallest absolute Gasteiger partial charge is 0.335 e. The normalized spacial score (nSPS) is 8.86. The summed E-state index contributed by atoms with van der Waals surface area (Å²) in [4.78, 5) is 10.7. The van der Waals surface area contributed by atoms with Crippen molar-refractivity contribution < 1.29 is 9.90 Å². The SMILES string of the molecule is Nc1ccccccc(C(=O)O)cc1. The number of aromatic carboxylic acids is 1. The molecule has 3 heteroatoms. The van der Waals surface area contributed by atoms with Crippen LogP contribution in [0.4, 0.5) is 5.69 Å². The lowest BCUT2D eigenvalue weighted by atomic mass is 10.2. The van der Waals surface area contributed by atoms with Gasteiger partial charge in [-0.25, -0.2) is 4.79 Å². The molecule has 0 bridgehead atoms. The van der Waals surface area contributed by atoms with Crippen LogP contribution in [-0.4, -0.2) is 11.1 Å². The molecule has 3 N–H and O–H groups in total. The Morgan fingerprint density at radius 1 is 1.00 bits per heavy atom. The summed E-state index contributed by atoms with van der Waals surface area (Å²) < 4.78 is 0. The highest BCUT2D eigenvalue weighted by Gasteiger charge is 1.96. The van der Waals surface area contributed by atoms with Crippen LogP contribution in [0, 0.1) is 0 Å². The van der Waals surface area contributed by atoms with Gasteiger partial charge in [-0.15, -0.1) is 0 Å². The van der Waals surface area contributed by atoms with Crippen molar-refractivity contribution >= 4 is 11.7 Å². The molecule has 72 valence electrons. The number of nitrogens with two attached hydrogens (primary N) is 1. The zero-order valence-electron chi connectivity index (χ0n) is 7.55. The minimum absolute atomic E-state index is 0.202. The Morgan fingerprint density at radius 2 is 1.64 bits per heavy atom. The zero-order valence-corrected chi connectivity index (χ0v) is 7.55. The van der Waals surface area contributed by atoms with Crippen LogP contribution in [0.3, 0.4) is 0 Å². The zero-order chi connectivity index (χ0) is 10.4. The van der Waals surface area contributed by atoms with Crippen molar-refractivity contribution in [1.82, 2.24) is 0 Å². The Labute approximate surface area is 82.1 Å². The van der Waals surface area contributed by atoms with E-state index in [4.69, 9.17) is 10.8 Å². The number of anilines is 1. The molecule has 0 saturated carbocycles. The summed E-state index contributed by atoms with van der Waals surface area (Å²) in [5.74, 6) is -0.969. The first-order chi connectivity index (χ1) is 6.70. The van der Waals surface area contributed by atoms with Crippen molar-refractivity contribution in [3.8, 4) is 0 Å². The van der Waals surface area contributed by atoms with E-state index in [0.29, 0.717) is 5.69 Å². The lowest BCUT2D eigenvalue weighted by Gasteiger charge is -1.89. The second-order valence-electron chi connectivity index (χ2n) is 2.70. The van der Waals surface area contributed by atoms with Crippen LogP contribution in [0.2, 0.25) is 0 Å². The van der Waals surface area contributed by atoms with Crippen molar-refractivity contribution in [3.63, 3.8) is 0 Å². The van der Waals surface area contributed by atoms with Crippen LogP contribution in [0.15, 0.2) is 48.5 Å². The van der Waals surface area contributed by atoms with Gasteiger partial charge in [0.1, 0.15) is 0 Å². The van der Waals surface area contributed by atoms with Crippen LogP contribution in [0.1, 0.15) is 10.4 Å². The van der Waals surface area contributed by atoms with Gasteiger partial charge in [0.15, 0.2) is 0 Å². The molecule has 0 heterocycles. The van der Waals surface area contributed by atoms with Crippen LogP contribution >= 0.6 is 0 Å². The van der Waals surface area contributed by atoms with Crippen molar-refractivity contribution in [3.05, 3.63) is 54.1 Å². The van der Waals surface area contributed by atoms with E-state index < -0.39 is 5.97 Å². The van der Waals surface area contributed by atoms with E-state index in [1.54, 1.807) is 36.4 Å². The predicted molar refractivity (Wildman–Crippen MR) is 55.4 cm³/mol. The molecule has 1 aromatic rings. The van der Waals surface area contributed by atoms with Gasteiger partial charge >= 0.3 is 5.97 Å². The Kier molecular flexibility index (Phi) is 3.49. The molecule has 0 aliphatic rings. The first kappa shape index (κ1) is 10.1. The van der Waals surface area contributed by atoms with E-state index >= 15 is 0 Å². The molecule has 3 nitrogen and oxygen atoms in total. The lowest BCUT2D eigenvalue weighted by Crippen LogP contribution is -1.93. The van der Waals surface area contributed by atoms with Crippen molar-refractivity contribution in [2.45, 2.75) is 0 Å². The fourth-order valence-electron chi connectivity index (χ4n) is 0.894. The predicted octanol–water partition coefficient (Wildman–Crippen LogP) is 2.09. The first-order valence-electron chi connectivity index (χ1n) is 4.12. The highest BCUT2D eigenvalue weighted by atomic mass is 16.4. The third kappa shape index (κ3) is 3.15. The highest BCUT2D eigenvalue weighted by Crippen LogP contribution is 1.99. The van der Waals surface area contributed by atoms with Gasteiger partial charge in [0.05, 0.1) is 5.56 Å². The molecule has 0 aromatic heterocycles. The summed E-state index contributed by atoms with van der Waals surface area (Å²) in [6, 6.07) is 13.2. The third-order valence-electron chi connectivity index (χ3n) is 1.60. The van der Waals surface area contributed by atoms with E-state index in [1.165, 1.54) is 12.1 Å². The number of carboxylic acid groups (broad SMARTS) is 1. The summed E-state index contributed by atoms with van der Waals surface area (Å²) in [5, 5.41) is 8.77. The molecular weight excluding hydrogens is 178 g/mol. The average Bonchev–Trinajstić information content (AvgIpc) is 2.15. The number of hydrogen-bond donors (Lipinski definition) is 2. The Morgan fingerprint density at radius 3 is 2.29 bits per heavy atom. The Hall–Kier alpha value is -2.03. The number of rotatable bonds is 1. The second-order valence-corrected chi connectivity index (χ2v) is 2.70. The van der Waals surface area contributed by atoms with Crippen molar-refractivity contribution in [2.24, 2.45) is 0 Å². The summed E-state index contributed by atoms with van der Waals surface area (Å²) in [5.41, 5.74) is 6.28. The van der Waals surface area contributed by atoms with Gasteiger partial charge in [0, 0.05) is 5.69 Å². The van der Waals surface area contributed by atoms with E-state index in [0.717, 1.165) is 0 Å². The highest BCUT2D eigenvalue weighted by molar-refractivity contribution is 5.87. The second kappa shape index (κ2) is 4.87. The maximum atomic E-state index is 10.7. The summed E-state index contributed by atoms with van der Waals surface area (Å²) in [6.07, 6.45) is 0. The maximum Gasteiger partial charge on any atom is 0.335 e. The lowest BCUT2D eigenvalue weighted by molar-refractivity contribution is 0.0697. The van der Waals surface area contributed by atoms with Gasteiger partial charge in [-0.3, -0.25) is 0 Å². The number of nitrogen functional groups attached to an aromatic ring is 1.